The highest BCUT2D eigenvalue weighted by Gasteiger charge is 2.32. The molecule has 0 aromatic heterocycles. The molecule has 4 nitrogen and oxygen atoms in total. The molecule has 3 aromatic carbocycles. The van der Waals surface area contributed by atoms with E-state index in [2.05, 4.69) is 100 Å². The largest absolute Gasteiger partial charge is 0.339 e. The zero-order chi connectivity index (χ0) is 21.0. The van der Waals surface area contributed by atoms with Crippen molar-refractivity contribution in [3.8, 4) is 0 Å². The molecule has 0 radical (unpaired) electrons. The maximum absolute atomic E-state index is 13.2. The molecule has 2 aliphatic rings. The van der Waals surface area contributed by atoms with E-state index in [1.165, 1.54) is 22.3 Å². The van der Waals surface area contributed by atoms with Crippen molar-refractivity contribution in [3.05, 3.63) is 107 Å². The quantitative estimate of drug-likeness (QED) is 0.712. The van der Waals surface area contributed by atoms with Gasteiger partial charge < -0.3 is 10.2 Å². The molecule has 1 atom stereocenters. The summed E-state index contributed by atoms with van der Waals surface area (Å²) in [7, 11) is 0. The van der Waals surface area contributed by atoms with Gasteiger partial charge in [-0.1, -0.05) is 84.9 Å². The van der Waals surface area contributed by atoms with Crippen molar-refractivity contribution >= 4 is 5.91 Å². The highest BCUT2D eigenvalue weighted by atomic mass is 16.2. The van der Waals surface area contributed by atoms with Gasteiger partial charge in [-0.2, -0.15) is 0 Å². The fourth-order valence-electron chi connectivity index (χ4n) is 4.93. The molecule has 0 aliphatic carbocycles. The molecule has 31 heavy (non-hydrogen) atoms. The fraction of sp³-hybridized carbons (Fsp3) is 0.296. The molecule has 1 saturated heterocycles. The number of piperazine rings is 1. The van der Waals surface area contributed by atoms with E-state index in [1.807, 2.05) is 0 Å². The molecule has 2 aliphatic heterocycles. The summed E-state index contributed by atoms with van der Waals surface area (Å²) in [5, 5.41) is 3.45. The average Bonchev–Trinajstić information content (AvgIpc) is 2.85. The Bertz CT molecular complexity index is 973. The summed E-state index contributed by atoms with van der Waals surface area (Å²) >= 11 is 0. The predicted octanol–water partition coefficient (Wildman–Crippen LogP) is 3.63. The summed E-state index contributed by atoms with van der Waals surface area (Å²) in [5.74, 6) is 0.241. The van der Waals surface area contributed by atoms with Crippen LogP contribution in [0.3, 0.4) is 0 Å². The Morgan fingerprint density at radius 2 is 1.29 bits per heavy atom. The molecule has 0 bridgehead atoms. The summed E-state index contributed by atoms with van der Waals surface area (Å²) in [6.45, 7) is 4.08. The zero-order valence-corrected chi connectivity index (χ0v) is 17.8. The minimum Gasteiger partial charge on any atom is -0.339 e. The van der Waals surface area contributed by atoms with Gasteiger partial charge in [-0.25, -0.2) is 0 Å². The van der Waals surface area contributed by atoms with Crippen LogP contribution in [0.25, 0.3) is 0 Å². The maximum atomic E-state index is 13.2. The molecule has 1 amide bonds. The molecule has 2 heterocycles. The van der Waals surface area contributed by atoms with Gasteiger partial charge in [0, 0.05) is 32.7 Å². The first-order valence-electron chi connectivity index (χ1n) is 11.2. The topological polar surface area (TPSA) is 35.6 Å². The number of nitrogens with one attached hydrogen (secondary N) is 1. The Hall–Kier alpha value is -2.95. The van der Waals surface area contributed by atoms with Crippen LogP contribution in [0, 0.1) is 0 Å². The van der Waals surface area contributed by atoms with Crippen LogP contribution >= 0.6 is 0 Å². The number of rotatable bonds is 4. The van der Waals surface area contributed by atoms with E-state index in [9.17, 15) is 4.79 Å². The molecule has 1 fully saturated rings. The molecule has 5 rings (SSSR count). The van der Waals surface area contributed by atoms with Gasteiger partial charge in [0.05, 0.1) is 12.1 Å². The third-order valence-corrected chi connectivity index (χ3v) is 6.60. The number of hydrogen-bond donors (Lipinski definition) is 1. The summed E-state index contributed by atoms with van der Waals surface area (Å²) in [6, 6.07) is 29.9. The Morgan fingerprint density at radius 3 is 1.90 bits per heavy atom. The minimum absolute atomic E-state index is 0.111. The maximum Gasteiger partial charge on any atom is 0.240 e. The van der Waals surface area contributed by atoms with Crippen LogP contribution in [0.2, 0.25) is 0 Å². The van der Waals surface area contributed by atoms with Crippen molar-refractivity contribution in [1.82, 2.24) is 15.1 Å². The van der Waals surface area contributed by atoms with Crippen molar-refractivity contribution in [3.63, 3.8) is 0 Å². The van der Waals surface area contributed by atoms with Gasteiger partial charge in [0.15, 0.2) is 0 Å². The van der Waals surface area contributed by atoms with E-state index in [1.54, 1.807) is 0 Å². The van der Waals surface area contributed by atoms with Crippen LogP contribution < -0.4 is 5.32 Å². The summed E-state index contributed by atoms with van der Waals surface area (Å²) < 4.78 is 0. The Kier molecular flexibility index (Phi) is 5.83. The molecule has 0 unspecified atom stereocenters. The van der Waals surface area contributed by atoms with E-state index in [0.29, 0.717) is 0 Å². The number of hydrogen-bond acceptors (Lipinski definition) is 3. The van der Waals surface area contributed by atoms with Gasteiger partial charge in [-0.3, -0.25) is 9.69 Å². The monoisotopic (exact) mass is 411 g/mol. The lowest BCUT2D eigenvalue weighted by Gasteiger charge is -2.41. The number of amides is 1. The summed E-state index contributed by atoms with van der Waals surface area (Å²) in [5.41, 5.74) is 5.22. The number of nitrogens with zero attached hydrogens (tertiary/aromatic N) is 2. The van der Waals surface area contributed by atoms with Crippen LogP contribution in [0.4, 0.5) is 0 Å². The van der Waals surface area contributed by atoms with Gasteiger partial charge in [-0.15, -0.1) is 0 Å². The average molecular weight is 412 g/mol. The fourth-order valence-corrected chi connectivity index (χ4v) is 4.93. The van der Waals surface area contributed by atoms with E-state index in [0.717, 1.165) is 39.1 Å². The van der Waals surface area contributed by atoms with Gasteiger partial charge >= 0.3 is 0 Å². The Morgan fingerprint density at radius 1 is 0.742 bits per heavy atom. The minimum atomic E-state index is -0.111. The van der Waals surface area contributed by atoms with Gasteiger partial charge in [0.2, 0.25) is 5.91 Å². The van der Waals surface area contributed by atoms with Crippen LogP contribution in [-0.4, -0.2) is 47.9 Å². The standard InChI is InChI=1S/C27H29N3O/c31-27(25-19-23-13-7-8-14-24(23)20-28-25)30-17-15-29(16-18-30)26(21-9-3-1-4-10-21)22-11-5-2-6-12-22/h1-14,25-26,28H,15-20H2/t25-/m0/s1. The van der Waals surface area contributed by atoms with Crippen molar-refractivity contribution in [2.45, 2.75) is 25.0 Å². The lowest BCUT2D eigenvalue weighted by atomic mass is 9.94. The SMILES string of the molecule is O=C([C@@H]1Cc2ccccc2CN1)N1CCN(C(c2ccccc2)c2ccccc2)CC1. The molecule has 1 N–H and O–H groups in total. The van der Waals surface area contributed by atoms with E-state index >= 15 is 0 Å². The second kappa shape index (κ2) is 9.04. The first-order valence-corrected chi connectivity index (χ1v) is 11.2. The van der Waals surface area contributed by atoms with Crippen molar-refractivity contribution in [2.24, 2.45) is 0 Å². The van der Waals surface area contributed by atoms with Crippen LogP contribution in [0.15, 0.2) is 84.9 Å². The molecule has 0 spiro atoms. The van der Waals surface area contributed by atoms with Crippen LogP contribution in [0.1, 0.15) is 28.3 Å². The van der Waals surface area contributed by atoms with Crippen molar-refractivity contribution < 1.29 is 4.79 Å². The number of carbonyl (C=O) groups is 1. The van der Waals surface area contributed by atoms with Gasteiger partial charge in [0.25, 0.3) is 0 Å². The van der Waals surface area contributed by atoms with Crippen LogP contribution in [0.5, 0.6) is 0 Å². The van der Waals surface area contributed by atoms with E-state index in [4.69, 9.17) is 0 Å². The normalized spacial score (nSPS) is 19.3. The van der Waals surface area contributed by atoms with Gasteiger partial charge in [-0.05, 0) is 28.7 Å². The molecule has 158 valence electrons. The Labute approximate surface area is 184 Å². The highest BCUT2D eigenvalue weighted by Crippen LogP contribution is 2.29. The van der Waals surface area contributed by atoms with E-state index in [-0.39, 0.29) is 18.0 Å². The molecule has 3 aromatic rings. The number of benzene rings is 3. The van der Waals surface area contributed by atoms with E-state index < -0.39 is 0 Å². The highest BCUT2D eigenvalue weighted by molar-refractivity contribution is 5.82. The first kappa shape index (κ1) is 20.0. The van der Waals surface area contributed by atoms with Crippen molar-refractivity contribution in [1.29, 1.82) is 0 Å². The van der Waals surface area contributed by atoms with Crippen LogP contribution in [-0.2, 0) is 17.8 Å². The molecule has 4 heteroatoms. The lowest BCUT2D eigenvalue weighted by Crippen LogP contribution is -2.55. The molecular formula is C27H29N3O. The number of fused-ring (bicyclic) bond motifs is 1. The summed E-state index contributed by atoms with van der Waals surface area (Å²) in [6.07, 6.45) is 0.784. The predicted molar refractivity (Wildman–Crippen MR) is 124 cm³/mol. The van der Waals surface area contributed by atoms with Gasteiger partial charge in [0.1, 0.15) is 0 Å². The third-order valence-electron chi connectivity index (χ3n) is 6.60. The first-order chi connectivity index (χ1) is 15.3. The lowest BCUT2D eigenvalue weighted by molar-refractivity contribution is -0.135. The summed E-state index contributed by atoms with van der Waals surface area (Å²) in [4.78, 5) is 17.8. The third kappa shape index (κ3) is 4.27. The zero-order valence-electron chi connectivity index (χ0n) is 17.8. The molecular weight excluding hydrogens is 382 g/mol. The smallest absolute Gasteiger partial charge is 0.240 e. The second-order valence-electron chi connectivity index (χ2n) is 8.49. The molecule has 0 saturated carbocycles. The second-order valence-corrected chi connectivity index (χ2v) is 8.49. The van der Waals surface area contributed by atoms with Crippen molar-refractivity contribution in [2.75, 3.05) is 26.2 Å². The Balaban J connectivity index is 1.27. The number of carbonyl (C=O) groups excluding carboxylic acids is 1.